The maximum atomic E-state index is 6.06. The highest BCUT2D eigenvalue weighted by Gasteiger charge is 2.17. The van der Waals surface area contributed by atoms with Gasteiger partial charge in [-0.15, -0.1) is 11.6 Å². The predicted molar refractivity (Wildman–Crippen MR) is 56.3 cm³/mol. The van der Waals surface area contributed by atoms with Crippen molar-refractivity contribution in [2.24, 2.45) is 0 Å². The van der Waals surface area contributed by atoms with Crippen molar-refractivity contribution in [1.29, 1.82) is 0 Å². The third-order valence-corrected chi connectivity index (χ3v) is 2.72. The van der Waals surface area contributed by atoms with Crippen LogP contribution < -0.4 is 0 Å². The van der Waals surface area contributed by atoms with Gasteiger partial charge in [0.2, 0.25) is 0 Å². The van der Waals surface area contributed by atoms with E-state index in [2.05, 4.69) is 25.9 Å². The molecular weight excluding hydrogens is 184 g/mol. The van der Waals surface area contributed by atoms with Crippen LogP contribution in [0.15, 0.2) is 12.3 Å². The van der Waals surface area contributed by atoms with Gasteiger partial charge >= 0.3 is 0 Å². The highest BCUT2D eigenvalue weighted by Crippen LogP contribution is 2.24. The molecule has 1 aromatic heterocycles. The quantitative estimate of drug-likeness (QED) is 0.686. The summed E-state index contributed by atoms with van der Waals surface area (Å²) in [5, 5.41) is 4.42. The number of rotatable bonds is 3. The summed E-state index contributed by atoms with van der Waals surface area (Å²) >= 11 is 6.06. The molecule has 2 unspecified atom stereocenters. The predicted octanol–water partition coefficient (Wildman–Crippen LogP) is 3.19. The van der Waals surface area contributed by atoms with Crippen molar-refractivity contribution in [3.05, 3.63) is 18.0 Å². The van der Waals surface area contributed by atoms with E-state index < -0.39 is 0 Å². The normalized spacial score (nSPS) is 16.2. The molecule has 0 aliphatic carbocycles. The van der Waals surface area contributed by atoms with Crippen LogP contribution in [-0.2, 0) is 0 Å². The zero-order valence-electron chi connectivity index (χ0n) is 8.66. The molecule has 0 amide bonds. The van der Waals surface area contributed by atoms with E-state index >= 15 is 0 Å². The molecule has 1 rings (SSSR count). The smallest absolute Gasteiger partial charge is 0.0492 e. The monoisotopic (exact) mass is 200 g/mol. The van der Waals surface area contributed by atoms with E-state index in [9.17, 15) is 0 Å². The van der Waals surface area contributed by atoms with Gasteiger partial charge in [-0.05, 0) is 26.8 Å². The van der Waals surface area contributed by atoms with Crippen molar-refractivity contribution in [3.63, 3.8) is 0 Å². The van der Waals surface area contributed by atoms with Crippen LogP contribution in [-0.4, -0.2) is 15.2 Å². The van der Waals surface area contributed by atoms with E-state index in [1.807, 2.05) is 23.9 Å². The molecule has 0 spiro atoms. The van der Waals surface area contributed by atoms with Gasteiger partial charge in [-0.2, -0.15) is 5.10 Å². The Morgan fingerprint density at radius 3 is 2.38 bits per heavy atom. The average Bonchev–Trinajstić information content (AvgIpc) is 2.50. The number of halogens is 1. The second kappa shape index (κ2) is 4.14. The Labute approximate surface area is 84.9 Å². The Kier molecular flexibility index (Phi) is 3.37. The molecule has 0 saturated carbocycles. The Morgan fingerprint density at radius 1 is 1.31 bits per heavy atom. The van der Waals surface area contributed by atoms with Crippen LogP contribution in [0.4, 0.5) is 0 Å². The summed E-state index contributed by atoms with van der Waals surface area (Å²) in [7, 11) is 0. The lowest BCUT2D eigenvalue weighted by molar-refractivity contribution is 0.489. The van der Waals surface area contributed by atoms with Crippen molar-refractivity contribution in [1.82, 2.24) is 9.78 Å². The van der Waals surface area contributed by atoms with Gasteiger partial charge in [-0.25, -0.2) is 0 Å². The zero-order valence-corrected chi connectivity index (χ0v) is 9.42. The number of hydrogen-bond acceptors (Lipinski definition) is 1. The maximum Gasteiger partial charge on any atom is 0.0492 e. The fourth-order valence-electron chi connectivity index (χ4n) is 1.35. The molecule has 0 fully saturated rings. The minimum absolute atomic E-state index is 0.147. The van der Waals surface area contributed by atoms with Crippen molar-refractivity contribution < 1.29 is 0 Å². The van der Waals surface area contributed by atoms with Crippen molar-refractivity contribution >= 4 is 11.6 Å². The summed E-state index contributed by atoms with van der Waals surface area (Å²) in [6.45, 7) is 8.40. The van der Waals surface area contributed by atoms with Crippen LogP contribution in [0.3, 0.4) is 0 Å². The number of nitrogens with zero attached hydrogens (tertiary/aromatic N) is 2. The Hall–Kier alpha value is -0.500. The van der Waals surface area contributed by atoms with E-state index in [0.29, 0.717) is 12.0 Å². The van der Waals surface area contributed by atoms with Gasteiger partial charge in [0.1, 0.15) is 0 Å². The van der Waals surface area contributed by atoms with Crippen molar-refractivity contribution in [2.75, 3.05) is 0 Å². The molecule has 0 aliphatic rings. The first-order valence-corrected chi connectivity index (χ1v) is 5.15. The highest BCUT2D eigenvalue weighted by molar-refractivity contribution is 6.20. The first-order chi connectivity index (χ1) is 6.04. The molecule has 3 heteroatoms. The first kappa shape index (κ1) is 10.6. The third-order valence-electron chi connectivity index (χ3n) is 2.35. The lowest BCUT2D eigenvalue weighted by atomic mass is 10.0. The highest BCUT2D eigenvalue weighted by atomic mass is 35.5. The Morgan fingerprint density at radius 2 is 1.92 bits per heavy atom. The fraction of sp³-hybridized carbons (Fsp3) is 0.700. The number of aromatic nitrogens is 2. The molecule has 74 valence electrons. The van der Waals surface area contributed by atoms with Gasteiger partial charge in [0.15, 0.2) is 0 Å². The average molecular weight is 201 g/mol. The molecule has 0 saturated heterocycles. The molecule has 0 aliphatic heterocycles. The van der Waals surface area contributed by atoms with E-state index in [1.54, 1.807) is 0 Å². The van der Waals surface area contributed by atoms with Crippen LogP contribution in [0.2, 0.25) is 0 Å². The van der Waals surface area contributed by atoms with E-state index in [-0.39, 0.29) is 5.38 Å². The van der Waals surface area contributed by atoms with Crippen LogP contribution in [0, 0.1) is 0 Å². The first-order valence-electron chi connectivity index (χ1n) is 4.71. The number of alkyl halides is 1. The van der Waals surface area contributed by atoms with Gasteiger partial charge in [-0.3, -0.25) is 4.68 Å². The van der Waals surface area contributed by atoms with E-state index in [1.165, 1.54) is 5.69 Å². The summed E-state index contributed by atoms with van der Waals surface area (Å²) in [5.74, 6) is 0.353. The van der Waals surface area contributed by atoms with Crippen LogP contribution in [0.5, 0.6) is 0 Å². The molecule has 2 nitrogen and oxygen atoms in total. The van der Waals surface area contributed by atoms with E-state index in [4.69, 9.17) is 11.6 Å². The van der Waals surface area contributed by atoms with Crippen molar-refractivity contribution in [3.8, 4) is 0 Å². The van der Waals surface area contributed by atoms with Crippen LogP contribution in [0.1, 0.15) is 45.3 Å². The minimum Gasteiger partial charge on any atom is -0.267 e. The third kappa shape index (κ3) is 2.25. The van der Waals surface area contributed by atoms with Gasteiger partial charge in [0, 0.05) is 29.2 Å². The lowest BCUT2D eigenvalue weighted by Gasteiger charge is -2.18. The molecule has 1 heterocycles. The van der Waals surface area contributed by atoms with Gasteiger partial charge in [-0.1, -0.05) is 6.92 Å². The topological polar surface area (TPSA) is 17.8 Å². The molecule has 0 aromatic carbocycles. The molecule has 2 atom stereocenters. The van der Waals surface area contributed by atoms with Crippen LogP contribution in [0.25, 0.3) is 0 Å². The second-order valence-corrected chi connectivity index (χ2v) is 4.45. The molecule has 13 heavy (non-hydrogen) atoms. The SMILES string of the molecule is CC(Cl)C(C)c1ccnn1C(C)C. The fourth-order valence-corrected chi connectivity index (χ4v) is 1.48. The minimum atomic E-state index is 0.147. The van der Waals surface area contributed by atoms with Gasteiger partial charge in [0.25, 0.3) is 0 Å². The summed E-state index contributed by atoms with van der Waals surface area (Å²) < 4.78 is 2.03. The Bertz CT molecular complexity index is 266. The molecule has 0 bridgehead atoms. The molecule has 0 radical (unpaired) electrons. The largest absolute Gasteiger partial charge is 0.267 e. The molecule has 0 N–H and O–H groups in total. The molecule has 1 aromatic rings. The summed E-state index contributed by atoms with van der Waals surface area (Å²) in [6, 6.07) is 2.45. The summed E-state index contributed by atoms with van der Waals surface area (Å²) in [5.41, 5.74) is 1.22. The molecular formula is C10H17ClN2. The summed E-state index contributed by atoms with van der Waals surface area (Å²) in [6.07, 6.45) is 1.84. The van der Waals surface area contributed by atoms with Gasteiger partial charge < -0.3 is 0 Å². The second-order valence-electron chi connectivity index (χ2n) is 3.76. The number of hydrogen-bond donors (Lipinski definition) is 0. The van der Waals surface area contributed by atoms with Crippen LogP contribution >= 0.6 is 11.6 Å². The van der Waals surface area contributed by atoms with Crippen molar-refractivity contribution in [2.45, 2.75) is 45.0 Å². The lowest BCUT2D eigenvalue weighted by Crippen LogP contribution is -2.14. The standard InChI is InChI=1S/C10H17ClN2/c1-7(2)13-10(5-6-12-13)8(3)9(4)11/h5-9H,1-4H3. The van der Waals surface area contributed by atoms with Gasteiger partial charge in [0.05, 0.1) is 0 Å². The maximum absolute atomic E-state index is 6.06. The zero-order chi connectivity index (χ0) is 10.0. The Balaban J connectivity index is 2.93. The summed E-state index contributed by atoms with van der Waals surface area (Å²) in [4.78, 5) is 0. The van der Waals surface area contributed by atoms with E-state index in [0.717, 1.165) is 0 Å².